The number of carbonyl (C=O) groups is 1. The maximum atomic E-state index is 10.8. The SMILES string of the molecule is N#Cc1cc(Cl)ccc1Sc1csc(C(=O)O)c1. The summed E-state index contributed by atoms with van der Waals surface area (Å²) in [5.74, 6) is -0.941. The van der Waals surface area contributed by atoms with Gasteiger partial charge in [-0.3, -0.25) is 0 Å². The zero-order valence-corrected chi connectivity index (χ0v) is 11.3. The third kappa shape index (κ3) is 2.85. The highest BCUT2D eigenvalue weighted by Gasteiger charge is 2.10. The van der Waals surface area contributed by atoms with Crippen molar-refractivity contribution in [2.24, 2.45) is 0 Å². The average Bonchev–Trinajstić information content (AvgIpc) is 2.80. The van der Waals surface area contributed by atoms with E-state index in [0.29, 0.717) is 10.6 Å². The molecule has 0 saturated carbocycles. The molecule has 1 N–H and O–H groups in total. The fourth-order valence-corrected chi connectivity index (χ4v) is 3.26. The Morgan fingerprint density at radius 1 is 1.44 bits per heavy atom. The lowest BCUT2D eigenvalue weighted by Gasteiger charge is -2.01. The van der Waals surface area contributed by atoms with Gasteiger partial charge in [-0.1, -0.05) is 23.4 Å². The van der Waals surface area contributed by atoms with E-state index < -0.39 is 5.97 Å². The van der Waals surface area contributed by atoms with Gasteiger partial charge in [0.25, 0.3) is 0 Å². The van der Waals surface area contributed by atoms with Gasteiger partial charge in [0.2, 0.25) is 0 Å². The largest absolute Gasteiger partial charge is 0.477 e. The van der Waals surface area contributed by atoms with Gasteiger partial charge in [-0.15, -0.1) is 11.3 Å². The van der Waals surface area contributed by atoms with Crippen LogP contribution in [-0.4, -0.2) is 11.1 Å². The Hall–Kier alpha value is -1.48. The fourth-order valence-electron chi connectivity index (χ4n) is 1.29. The van der Waals surface area contributed by atoms with E-state index in [1.807, 2.05) is 0 Å². The summed E-state index contributed by atoms with van der Waals surface area (Å²) < 4.78 is 0. The Morgan fingerprint density at radius 2 is 2.22 bits per heavy atom. The molecular formula is C12H6ClNO2S2. The number of hydrogen-bond acceptors (Lipinski definition) is 4. The third-order valence-corrected chi connectivity index (χ3v) is 4.43. The summed E-state index contributed by atoms with van der Waals surface area (Å²) in [5.41, 5.74) is 0.482. The standard InChI is InChI=1S/C12H6ClNO2S2/c13-8-1-2-10(7(3-8)5-14)18-9-4-11(12(15)16)17-6-9/h1-4,6H,(H,15,16). The summed E-state index contributed by atoms with van der Waals surface area (Å²) >= 11 is 8.32. The van der Waals surface area contributed by atoms with E-state index in [1.54, 1.807) is 29.6 Å². The summed E-state index contributed by atoms with van der Waals surface area (Å²) in [6.07, 6.45) is 0. The minimum atomic E-state index is -0.941. The molecule has 0 spiro atoms. The normalized spacial score (nSPS) is 10.0. The van der Waals surface area contributed by atoms with E-state index >= 15 is 0 Å². The maximum Gasteiger partial charge on any atom is 0.345 e. The van der Waals surface area contributed by atoms with Crippen molar-refractivity contribution in [1.29, 1.82) is 5.26 Å². The average molecular weight is 296 g/mol. The van der Waals surface area contributed by atoms with Crippen LogP contribution >= 0.6 is 34.7 Å². The lowest BCUT2D eigenvalue weighted by Crippen LogP contribution is -1.89. The van der Waals surface area contributed by atoms with E-state index in [9.17, 15) is 4.79 Å². The highest BCUT2D eigenvalue weighted by atomic mass is 35.5. The Kier molecular flexibility index (Phi) is 3.92. The van der Waals surface area contributed by atoms with Crippen molar-refractivity contribution in [3.8, 4) is 6.07 Å². The molecule has 18 heavy (non-hydrogen) atoms. The van der Waals surface area contributed by atoms with Crippen molar-refractivity contribution >= 4 is 40.7 Å². The number of carboxylic acids is 1. The third-order valence-electron chi connectivity index (χ3n) is 2.08. The van der Waals surface area contributed by atoms with Gasteiger partial charge in [0.15, 0.2) is 0 Å². The number of aromatic carboxylic acids is 1. The Morgan fingerprint density at radius 3 is 2.83 bits per heavy atom. The lowest BCUT2D eigenvalue weighted by atomic mass is 10.2. The monoisotopic (exact) mass is 295 g/mol. The second kappa shape index (κ2) is 5.44. The maximum absolute atomic E-state index is 10.8. The second-order valence-electron chi connectivity index (χ2n) is 3.31. The van der Waals surface area contributed by atoms with Gasteiger partial charge >= 0.3 is 5.97 Å². The lowest BCUT2D eigenvalue weighted by molar-refractivity contribution is 0.0702. The van der Waals surface area contributed by atoms with Gasteiger partial charge in [-0.25, -0.2) is 4.79 Å². The number of hydrogen-bond donors (Lipinski definition) is 1. The Bertz CT molecular complexity index is 646. The van der Waals surface area contributed by atoms with E-state index in [2.05, 4.69) is 6.07 Å². The van der Waals surface area contributed by atoms with Crippen molar-refractivity contribution in [3.05, 3.63) is 45.1 Å². The minimum absolute atomic E-state index is 0.282. The predicted molar refractivity (Wildman–Crippen MR) is 71.6 cm³/mol. The zero-order chi connectivity index (χ0) is 13.1. The van der Waals surface area contributed by atoms with Crippen LogP contribution in [0.4, 0.5) is 0 Å². The number of rotatable bonds is 3. The number of halogens is 1. The second-order valence-corrected chi connectivity index (χ2v) is 5.77. The molecule has 1 aromatic carbocycles. The summed E-state index contributed by atoms with van der Waals surface area (Å²) in [5, 5.41) is 20.1. The highest BCUT2D eigenvalue weighted by molar-refractivity contribution is 7.99. The smallest absolute Gasteiger partial charge is 0.345 e. The quantitative estimate of drug-likeness (QED) is 0.925. The molecule has 0 aliphatic heterocycles. The number of nitrogens with zero attached hydrogens (tertiary/aromatic N) is 1. The van der Waals surface area contributed by atoms with Gasteiger partial charge in [-0.05, 0) is 24.3 Å². The van der Waals surface area contributed by atoms with E-state index in [1.165, 1.54) is 11.8 Å². The number of carboxylic acid groups (broad SMARTS) is 1. The van der Waals surface area contributed by atoms with Gasteiger partial charge in [-0.2, -0.15) is 5.26 Å². The predicted octanol–water partition coefficient (Wildman–Crippen LogP) is 4.12. The number of thiophene rings is 1. The van der Waals surface area contributed by atoms with Gasteiger partial charge in [0.1, 0.15) is 10.9 Å². The van der Waals surface area contributed by atoms with Crippen molar-refractivity contribution in [2.75, 3.05) is 0 Å². The van der Waals surface area contributed by atoms with Gasteiger partial charge in [0, 0.05) is 20.2 Å². The first-order valence-corrected chi connectivity index (χ1v) is 6.87. The molecule has 2 rings (SSSR count). The van der Waals surface area contributed by atoms with Crippen LogP contribution in [0.15, 0.2) is 39.4 Å². The topological polar surface area (TPSA) is 61.1 Å². The van der Waals surface area contributed by atoms with E-state index in [-0.39, 0.29) is 4.88 Å². The molecule has 2 aromatic rings. The summed E-state index contributed by atoms with van der Waals surface area (Å²) in [6, 6.07) is 8.71. The van der Waals surface area contributed by atoms with Crippen LogP contribution in [0.3, 0.4) is 0 Å². The molecule has 3 nitrogen and oxygen atoms in total. The minimum Gasteiger partial charge on any atom is -0.477 e. The number of benzene rings is 1. The summed E-state index contributed by atoms with van der Waals surface area (Å²) in [7, 11) is 0. The van der Waals surface area contributed by atoms with Gasteiger partial charge in [0.05, 0.1) is 5.56 Å². The molecule has 1 heterocycles. The Labute approximate surface area is 117 Å². The van der Waals surface area contributed by atoms with Crippen LogP contribution in [0, 0.1) is 11.3 Å². The molecule has 1 aromatic heterocycles. The molecule has 0 unspecified atom stereocenters. The van der Waals surface area contributed by atoms with Crippen LogP contribution in [0.25, 0.3) is 0 Å². The molecule has 0 aliphatic carbocycles. The van der Waals surface area contributed by atoms with Gasteiger partial charge < -0.3 is 5.11 Å². The molecule has 0 amide bonds. The molecule has 0 bridgehead atoms. The van der Waals surface area contributed by atoms with Crippen LogP contribution in [0.5, 0.6) is 0 Å². The molecule has 0 aliphatic rings. The molecule has 0 radical (unpaired) electrons. The first kappa shape index (κ1) is 13.0. The Balaban J connectivity index is 2.28. The molecule has 0 fully saturated rings. The zero-order valence-electron chi connectivity index (χ0n) is 8.88. The molecule has 0 saturated heterocycles. The van der Waals surface area contributed by atoms with Crippen molar-refractivity contribution < 1.29 is 9.90 Å². The van der Waals surface area contributed by atoms with Crippen LogP contribution in [0.2, 0.25) is 5.02 Å². The van der Waals surface area contributed by atoms with Crippen LogP contribution in [-0.2, 0) is 0 Å². The summed E-state index contributed by atoms with van der Waals surface area (Å²) in [6.45, 7) is 0. The molecule has 6 heteroatoms. The van der Waals surface area contributed by atoms with Crippen molar-refractivity contribution in [3.63, 3.8) is 0 Å². The van der Waals surface area contributed by atoms with Crippen LogP contribution < -0.4 is 0 Å². The first-order chi connectivity index (χ1) is 8.60. The molecule has 0 atom stereocenters. The van der Waals surface area contributed by atoms with Crippen LogP contribution in [0.1, 0.15) is 15.2 Å². The molecular weight excluding hydrogens is 290 g/mol. The van der Waals surface area contributed by atoms with E-state index in [4.69, 9.17) is 22.0 Å². The molecule has 90 valence electrons. The fraction of sp³-hybridized carbons (Fsp3) is 0. The van der Waals surface area contributed by atoms with E-state index in [0.717, 1.165) is 21.1 Å². The number of nitriles is 1. The van der Waals surface area contributed by atoms with Crippen molar-refractivity contribution in [2.45, 2.75) is 9.79 Å². The first-order valence-electron chi connectivity index (χ1n) is 4.79. The highest BCUT2D eigenvalue weighted by Crippen LogP contribution is 2.34. The van der Waals surface area contributed by atoms with Crippen molar-refractivity contribution in [1.82, 2.24) is 0 Å². The summed E-state index contributed by atoms with van der Waals surface area (Å²) in [4.78, 5) is 12.6.